The van der Waals surface area contributed by atoms with E-state index in [0.29, 0.717) is 41.9 Å². The van der Waals surface area contributed by atoms with Gasteiger partial charge >= 0.3 is 0 Å². The molecule has 0 aromatic carbocycles. The average Bonchev–Trinajstić information content (AvgIpc) is 3.50. The van der Waals surface area contributed by atoms with Crippen LogP contribution in [0.5, 0.6) is 0 Å². The van der Waals surface area contributed by atoms with E-state index in [2.05, 4.69) is 15.4 Å². The second-order valence-electron chi connectivity index (χ2n) is 8.17. The molecule has 0 atom stereocenters. The van der Waals surface area contributed by atoms with Crippen molar-refractivity contribution in [2.45, 2.75) is 32.4 Å². The predicted octanol–water partition coefficient (Wildman–Crippen LogP) is 2.88. The van der Waals surface area contributed by atoms with Gasteiger partial charge < -0.3 is 14.6 Å². The number of rotatable bonds is 5. The van der Waals surface area contributed by atoms with Crippen LogP contribution in [0.4, 0.5) is 0 Å². The van der Waals surface area contributed by atoms with E-state index in [-0.39, 0.29) is 17.9 Å². The number of nitrogens with one attached hydrogen (secondary N) is 1. The van der Waals surface area contributed by atoms with Gasteiger partial charge in [-0.1, -0.05) is 0 Å². The fourth-order valence-electron chi connectivity index (χ4n) is 4.17. The zero-order chi connectivity index (χ0) is 22.8. The van der Waals surface area contributed by atoms with Gasteiger partial charge in [0, 0.05) is 44.0 Å². The van der Waals surface area contributed by atoms with Crippen molar-refractivity contribution >= 4 is 22.8 Å². The number of aromatic nitrogens is 4. The van der Waals surface area contributed by atoms with Crippen molar-refractivity contribution in [2.24, 2.45) is 0 Å². The van der Waals surface area contributed by atoms with Crippen molar-refractivity contribution < 1.29 is 14.0 Å². The summed E-state index contributed by atoms with van der Waals surface area (Å²) in [5.74, 6) is 0.642. The van der Waals surface area contributed by atoms with Gasteiger partial charge in [-0.2, -0.15) is 5.10 Å². The summed E-state index contributed by atoms with van der Waals surface area (Å²) in [6.45, 7) is 3.28. The van der Waals surface area contributed by atoms with Crippen LogP contribution in [0.3, 0.4) is 0 Å². The first-order chi connectivity index (χ1) is 16.1. The van der Waals surface area contributed by atoms with Crippen LogP contribution < -0.4 is 5.32 Å². The third-order valence-corrected chi connectivity index (χ3v) is 5.97. The Hall–Kier alpha value is -4.01. The Morgan fingerprint density at radius 2 is 2.03 bits per heavy atom. The topological polar surface area (TPSA) is 106 Å². The van der Waals surface area contributed by atoms with Gasteiger partial charge in [-0.25, -0.2) is 9.67 Å². The number of carbonyl (C=O) groups excluding carboxylic acids is 2. The molecular weight excluding hydrogens is 420 g/mol. The van der Waals surface area contributed by atoms with Crippen molar-refractivity contribution in [1.29, 1.82) is 0 Å². The fourth-order valence-corrected chi connectivity index (χ4v) is 4.17. The zero-order valence-corrected chi connectivity index (χ0v) is 18.3. The van der Waals surface area contributed by atoms with Gasteiger partial charge in [0.2, 0.25) is 5.91 Å². The van der Waals surface area contributed by atoms with Crippen LogP contribution in [0.2, 0.25) is 0 Å². The highest BCUT2D eigenvalue weighted by Gasteiger charge is 2.24. The number of hydrogen-bond acceptors (Lipinski definition) is 6. The Morgan fingerprint density at radius 1 is 1.18 bits per heavy atom. The zero-order valence-electron chi connectivity index (χ0n) is 18.3. The number of carbonyl (C=O) groups is 2. The van der Waals surface area contributed by atoms with Crippen molar-refractivity contribution in [3.63, 3.8) is 0 Å². The third-order valence-electron chi connectivity index (χ3n) is 5.97. The molecular formula is C24H24N6O3. The van der Waals surface area contributed by atoms with Crippen LogP contribution in [0.1, 0.15) is 35.9 Å². The summed E-state index contributed by atoms with van der Waals surface area (Å²) in [4.78, 5) is 35.8. The highest BCUT2D eigenvalue weighted by molar-refractivity contribution is 6.06. The molecule has 0 unspecified atom stereocenters. The van der Waals surface area contributed by atoms with Gasteiger partial charge in [-0.05, 0) is 43.2 Å². The van der Waals surface area contributed by atoms with Gasteiger partial charge in [-0.15, -0.1) is 0 Å². The molecule has 2 amide bonds. The smallest absolute Gasteiger partial charge is 0.252 e. The Bertz CT molecular complexity index is 1270. The molecule has 0 spiro atoms. The number of likely N-dealkylation sites (tertiary alicyclic amines) is 1. The summed E-state index contributed by atoms with van der Waals surface area (Å²) >= 11 is 0. The molecule has 33 heavy (non-hydrogen) atoms. The first-order valence-corrected chi connectivity index (χ1v) is 10.9. The molecule has 4 aromatic rings. The molecule has 4 aromatic heterocycles. The monoisotopic (exact) mass is 444 g/mol. The second kappa shape index (κ2) is 8.85. The van der Waals surface area contributed by atoms with Gasteiger partial charge in [0.1, 0.15) is 12.3 Å². The van der Waals surface area contributed by atoms with Gasteiger partial charge in [0.15, 0.2) is 5.65 Å². The number of hydrogen-bond donors (Lipinski definition) is 1. The minimum absolute atomic E-state index is 0.0105. The number of fused-ring (bicyclic) bond motifs is 1. The van der Waals surface area contributed by atoms with E-state index in [4.69, 9.17) is 9.40 Å². The molecule has 0 saturated carbocycles. The van der Waals surface area contributed by atoms with Gasteiger partial charge in [-0.3, -0.25) is 14.6 Å². The Kier molecular flexibility index (Phi) is 5.60. The van der Waals surface area contributed by atoms with E-state index in [1.54, 1.807) is 42.5 Å². The molecule has 9 heteroatoms. The summed E-state index contributed by atoms with van der Waals surface area (Å²) < 4.78 is 7.20. The van der Waals surface area contributed by atoms with Crippen LogP contribution in [0.25, 0.3) is 22.3 Å². The average molecular weight is 444 g/mol. The molecule has 1 fully saturated rings. The van der Waals surface area contributed by atoms with E-state index < -0.39 is 0 Å². The number of pyridine rings is 2. The van der Waals surface area contributed by atoms with Crippen molar-refractivity contribution in [3.8, 4) is 11.3 Å². The molecule has 5 rings (SSSR count). The number of amides is 2. The minimum atomic E-state index is -0.175. The fraction of sp³-hybridized carbons (Fsp3) is 0.292. The number of piperidine rings is 1. The number of nitrogens with zero attached hydrogens (tertiary/aromatic N) is 5. The maximum Gasteiger partial charge on any atom is 0.252 e. The molecule has 0 aliphatic carbocycles. The summed E-state index contributed by atoms with van der Waals surface area (Å²) in [7, 11) is 0. The summed E-state index contributed by atoms with van der Waals surface area (Å²) in [6, 6.07) is 9.25. The van der Waals surface area contributed by atoms with Crippen molar-refractivity contribution in [2.75, 3.05) is 13.1 Å². The maximum absolute atomic E-state index is 13.4. The Balaban J connectivity index is 1.48. The largest absolute Gasteiger partial charge is 0.467 e. The molecule has 0 bridgehead atoms. The predicted molar refractivity (Wildman–Crippen MR) is 121 cm³/mol. The lowest BCUT2D eigenvalue weighted by Gasteiger charge is -2.31. The highest BCUT2D eigenvalue weighted by Crippen LogP contribution is 2.25. The molecule has 168 valence electrons. The lowest BCUT2D eigenvalue weighted by atomic mass is 10.0. The first kappa shape index (κ1) is 20.9. The molecule has 1 saturated heterocycles. The summed E-state index contributed by atoms with van der Waals surface area (Å²) in [6.07, 6.45) is 8.17. The highest BCUT2D eigenvalue weighted by atomic mass is 16.3. The molecule has 1 aliphatic heterocycles. The van der Waals surface area contributed by atoms with E-state index in [1.165, 1.54) is 0 Å². The van der Waals surface area contributed by atoms with Crippen LogP contribution in [-0.4, -0.2) is 55.6 Å². The van der Waals surface area contributed by atoms with Crippen LogP contribution >= 0.6 is 0 Å². The summed E-state index contributed by atoms with van der Waals surface area (Å²) in [5.41, 5.74) is 2.57. The molecule has 0 radical (unpaired) electrons. The van der Waals surface area contributed by atoms with Crippen LogP contribution in [0.15, 0.2) is 59.6 Å². The molecule has 5 heterocycles. The number of furan rings is 1. The summed E-state index contributed by atoms with van der Waals surface area (Å²) in [5, 5.41) is 8.30. The quantitative estimate of drug-likeness (QED) is 0.507. The second-order valence-corrected chi connectivity index (χ2v) is 8.17. The SMILES string of the molecule is CC(=O)N1CCC(NC(=O)c2cc(-c3cccnc3)nc3c2cnn3Cc2ccco2)CC1. The van der Waals surface area contributed by atoms with E-state index in [1.807, 2.05) is 29.2 Å². The first-order valence-electron chi connectivity index (χ1n) is 10.9. The molecule has 9 nitrogen and oxygen atoms in total. The van der Waals surface area contributed by atoms with Gasteiger partial charge in [0.25, 0.3) is 5.91 Å². The normalized spacial score (nSPS) is 14.5. The lowest BCUT2D eigenvalue weighted by Crippen LogP contribution is -2.46. The third kappa shape index (κ3) is 4.34. The van der Waals surface area contributed by atoms with E-state index in [9.17, 15) is 9.59 Å². The van der Waals surface area contributed by atoms with Crippen LogP contribution in [-0.2, 0) is 11.3 Å². The molecule has 1 N–H and O–H groups in total. The lowest BCUT2D eigenvalue weighted by molar-refractivity contribution is -0.129. The van der Waals surface area contributed by atoms with Gasteiger partial charge in [0.05, 0.1) is 29.1 Å². The Labute approximate surface area is 190 Å². The Morgan fingerprint density at radius 3 is 2.73 bits per heavy atom. The van der Waals surface area contributed by atoms with E-state index in [0.717, 1.165) is 24.2 Å². The van der Waals surface area contributed by atoms with Crippen LogP contribution in [0, 0.1) is 0 Å². The van der Waals surface area contributed by atoms with Crippen molar-refractivity contribution in [3.05, 3.63) is 66.5 Å². The van der Waals surface area contributed by atoms with E-state index >= 15 is 0 Å². The molecule has 1 aliphatic rings. The maximum atomic E-state index is 13.4. The minimum Gasteiger partial charge on any atom is -0.467 e. The standard InChI is InChI=1S/C24H24N6O3/c1-16(31)29-9-6-18(7-10-29)27-24(32)20-12-22(17-4-2-8-25-13-17)28-23-21(20)14-26-30(23)15-19-5-3-11-33-19/h2-5,8,11-14,18H,6-7,9-10,15H2,1H3,(H,27,32). The van der Waals surface area contributed by atoms with Crippen molar-refractivity contribution in [1.82, 2.24) is 30.0 Å².